The molecule has 11 nitrogen and oxygen atoms in total. The first-order valence-electron chi connectivity index (χ1n) is 15.4. The van der Waals surface area contributed by atoms with E-state index in [9.17, 15) is 19.5 Å². The number of ether oxygens (including phenoxy) is 1. The Labute approximate surface area is 267 Å². The zero-order valence-electron chi connectivity index (χ0n) is 26.4. The standard InChI is InChI=1S/C35H37N5O6/c1-5-35(13-16-45-4)19-39(20-35)31-27(17-21(2)22(3)37-31)32(41)38-25-10-8-23(9-11-25)33(42)40-15-12-24-18-28(34(43)44)46-29(24)26-7-6-14-36-30(26)40/h6-11,14,17-18H,5,12-13,15-16,19-20H2,1-4H3,(H,38,41)(H,43,44). The molecule has 0 unspecified atom stereocenters. The van der Waals surface area contributed by atoms with Gasteiger partial charge in [-0.15, -0.1) is 0 Å². The van der Waals surface area contributed by atoms with Gasteiger partial charge in [0, 0.05) is 67.5 Å². The zero-order chi connectivity index (χ0) is 32.6. The van der Waals surface area contributed by atoms with Gasteiger partial charge in [0.2, 0.25) is 5.76 Å². The summed E-state index contributed by atoms with van der Waals surface area (Å²) in [6, 6.07) is 13.6. The van der Waals surface area contributed by atoms with Crippen molar-refractivity contribution in [3.63, 3.8) is 0 Å². The van der Waals surface area contributed by atoms with Crippen molar-refractivity contribution in [1.82, 2.24) is 9.97 Å². The van der Waals surface area contributed by atoms with Gasteiger partial charge in [-0.05, 0) is 87.2 Å². The molecular formula is C35H37N5O6. The van der Waals surface area contributed by atoms with Gasteiger partial charge in [0.15, 0.2) is 0 Å². The second-order valence-corrected chi connectivity index (χ2v) is 12.1. The molecule has 0 radical (unpaired) electrons. The third kappa shape index (κ3) is 5.74. The molecule has 0 atom stereocenters. The van der Waals surface area contributed by atoms with Gasteiger partial charge in [-0.3, -0.25) is 14.5 Å². The molecule has 0 aliphatic carbocycles. The van der Waals surface area contributed by atoms with E-state index in [4.69, 9.17) is 14.1 Å². The van der Waals surface area contributed by atoms with Crippen molar-refractivity contribution < 1.29 is 28.6 Å². The molecule has 5 heterocycles. The van der Waals surface area contributed by atoms with Gasteiger partial charge in [-0.1, -0.05) is 6.92 Å². The Kier molecular flexibility index (Phi) is 8.35. The lowest BCUT2D eigenvalue weighted by Gasteiger charge is -2.51. The highest BCUT2D eigenvalue weighted by Crippen LogP contribution is 2.41. The minimum absolute atomic E-state index is 0.150. The van der Waals surface area contributed by atoms with Gasteiger partial charge in [0.05, 0.1) is 11.1 Å². The third-order valence-electron chi connectivity index (χ3n) is 9.18. The van der Waals surface area contributed by atoms with Gasteiger partial charge in [0.25, 0.3) is 11.8 Å². The van der Waals surface area contributed by atoms with Gasteiger partial charge in [0.1, 0.15) is 17.4 Å². The number of pyridine rings is 2. The molecule has 1 aromatic carbocycles. The van der Waals surface area contributed by atoms with Crippen LogP contribution in [-0.2, 0) is 11.2 Å². The number of carboxylic acid groups (broad SMARTS) is 1. The summed E-state index contributed by atoms with van der Waals surface area (Å²) in [6.07, 6.45) is 3.97. The van der Waals surface area contributed by atoms with Crippen LogP contribution < -0.4 is 15.1 Å². The summed E-state index contributed by atoms with van der Waals surface area (Å²) in [7, 11) is 1.72. The number of aromatic carboxylic acids is 1. The summed E-state index contributed by atoms with van der Waals surface area (Å²) in [5.74, 6) is -0.366. The van der Waals surface area contributed by atoms with Gasteiger partial charge >= 0.3 is 5.97 Å². The topological polar surface area (TPSA) is 138 Å². The second kappa shape index (κ2) is 12.4. The SMILES string of the molecule is CCC1(CCOC)CN(c2nc(C)c(C)cc2C(=O)Nc2ccc(C(=O)N3CCc4cc(C(=O)O)oc4-c4cccnc43)cc2)C1. The van der Waals surface area contributed by atoms with Crippen LogP contribution in [0, 0.1) is 19.3 Å². The lowest BCUT2D eigenvalue weighted by molar-refractivity contribution is 0.0663. The molecule has 6 rings (SSSR count). The Morgan fingerprint density at radius 2 is 1.85 bits per heavy atom. The molecule has 4 aromatic rings. The number of nitrogens with one attached hydrogen (secondary N) is 1. The number of amides is 2. The maximum atomic E-state index is 13.7. The molecule has 2 N–H and O–H groups in total. The van der Waals surface area contributed by atoms with E-state index < -0.39 is 5.97 Å². The number of hydrogen-bond donors (Lipinski definition) is 2. The minimum atomic E-state index is -1.15. The number of methoxy groups -OCH3 is 1. The summed E-state index contributed by atoms with van der Waals surface area (Å²) in [6.45, 7) is 8.71. The lowest BCUT2D eigenvalue weighted by atomic mass is 9.74. The fourth-order valence-electron chi connectivity index (χ4n) is 6.21. The van der Waals surface area contributed by atoms with E-state index >= 15 is 0 Å². The molecule has 3 aromatic heterocycles. The van der Waals surface area contributed by atoms with Crippen LogP contribution >= 0.6 is 0 Å². The second-order valence-electron chi connectivity index (χ2n) is 12.1. The van der Waals surface area contributed by atoms with Gasteiger partial charge in [-0.2, -0.15) is 0 Å². The molecular weight excluding hydrogens is 586 g/mol. The Balaban J connectivity index is 1.19. The van der Waals surface area contributed by atoms with Crippen LogP contribution in [0.4, 0.5) is 17.3 Å². The number of nitrogens with zero attached hydrogens (tertiary/aromatic N) is 4. The third-order valence-corrected chi connectivity index (χ3v) is 9.18. The Bertz CT molecular complexity index is 1810. The maximum Gasteiger partial charge on any atom is 0.371 e. The van der Waals surface area contributed by atoms with Crippen molar-refractivity contribution in [3.8, 4) is 11.3 Å². The molecule has 2 amide bonds. The van der Waals surface area contributed by atoms with E-state index in [1.165, 1.54) is 6.07 Å². The average molecular weight is 624 g/mol. The van der Waals surface area contributed by atoms with Crippen molar-refractivity contribution in [2.45, 2.75) is 40.0 Å². The van der Waals surface area contributed by atoms with Crippen molar-refractivity contribution in [2.75, 3.05) is 48.5 Å². The Morgan fingerprint density at radius 1 is 1.09 bits per heavy atom. The summed E-state index contributed by atoms with van der Waals surface area (Å²) >= 11 is 0. The summed E-state index contributed by atoms with van der Waals surface area (Å²) < 4.78 is 11.0. The number of furan rings is 1. The molecule has 0 saturated carbocycles. The fourth-order valence-corrected chi connectivity index (χ4v) is 6.21. The first kappa shape index (κ1) is 31.0. The number of aryl methyl sites for hydroxylation is 2. The first-order chi connectivity index (χ1) is 22.1. The van der Waals surface area contributed by atoms with Crippen LogP contribution in [0.25, 0.3) is 11.3 Å². The average Bonchev–Trinajstić information content (AvgIpc) is 3.41. The first-order valence-corrected chi connectivity index (χ1v) is 15.4. The molecule has 11 heteroatoms. The molecule has 46 heavy (non-hydrogen) atoms. The van der Waals surface area contributed by atoms with E-state index in [0.717, 1.165) is 37.2 Å². The number of carboxylic acids is 1. The van der Waals surface area contributed by atoms with E-state index in [0.29, 0.717) is 58.4 Å². The lowest BCUT2D eigenvalue weighted by Crippen LogP contribution is -2.57. The number of benzene rings is 1. The normalized spacial score (nSPS) is 15.0. The van der Waals surface area contributed by atoms with Crippen LogP contribution in [0.1, 0.15) is 67.9 Å². The molecule has 1 saturated heterocycles. The van der Waals surface area contributed by atoms with Crippen LogP contribution in [0.3, 0.4) is 0 Å². The Hall–Kier alpha value is -5.03. The number of carbonyl (C=O) groups excluding carboxylic acids is 2. The van der Waals surface area contributed by atoms with E-state index in [1.54, 1.807) is 54.6 Å². The van der Waals surface area contributed by atoms with Gasteiger partial charge in [-0.25, -0.2) is 14.8 Å². The van der Waals surface area contributed by atoms with Crippen LogP contribution in [0.2, 0.25) is 0 Å². The predicted molar refractivity (Wildman–Crippen MR) is 174 cm³/mol. The quantitative estimate of drug-likeness (QED) is 0.238. The van der Waals surface area contributed by atoms with Crippen LogP contribution in [-0.4, -0.2) is 66.2 Å². The number of fused-ring (bicyclic) bond motifs is 3. The highest BCUT2D eigenvalue weighted by Gasteiger charge is 2.43. The molecule has 1 fully saturated rings. The predicted octanol–water partition coefficient (Wildman–Crippen LogP) is 5.76. The molecule has 2 aliphatic heterocycles. The molecule has 0 bridgehead atoms. The zero-order valence-corrected chi connectivity index (χ0v) is 26.4. The minimum Gasteiger partial charge on any atom is -0.475 e. The number of carbonyl (C=O) groups is 3. The van der Waals surface area contributed by atoms with Crippen molar-refractivity contribution in [2.24, 2.45) is 5.41 Å². The summed E-state index contributed by atoms with van der Waals surface area (Å²) in [4.78, 5) is 51.9. The van der Waals surface area contributed by atoms with Crippen molar-refractivity contribution >= 4 is 35.1 Å². The summed E-state index contributed by atoms with van der Waals surface area (Å²) in [5, 5.41) is 12.4. The monoisotopic (exact) mass is 623 g/mol. The highest BCUT2D eigenvalue weighted by atomic mass is 16.5. The number of anilines is 3. The maximum absolute atomic E-state index is 13.7. The largest absolute Gasteiger partial charge is 0.475 e. The molecule has 0 spiro atoms. The number of aromatic nitrogens is 2. The Morgan fingerprint density at radius 3 is 2.54 bits per heavy atom. The summed E-state index contributed by atoms with van der Waals surface area (Å²) in [5.41, 5.74) is 4.70. The fraction of sp³-hybridized carbons (Fsp3) is 0.343. The van der Waals surface area contributed by atoms with E-state index in [-0.39, 0.29) is 29.5 Å². The molecule has 2 aliphatic rings. The van der Waals surface area contributed by atoms with Crippen molar-refractivity contribution in [1.29, 1.82) is 0 Å². The van der Waals surface area contributed by atoms with E-state index in [2.05, 4.69) is 22.1 Å². The van der Waals surface area contributed by atoms with Crippen LogP contribution in [0.5, 0.6) is 0 Å². The smallest absolute Gasteiger partial charge is 0.371 e. The number of hydrogen-bond acceptors (Lipinski definition) is 8. The van der Waals surface area contributed by atoms with E-state index in [1.807, 2.05) is 19.9 Å². The molecule has 238 valence electrons. The van der Waals surface area contributed by atoms with Gasteiger partial charge < -0.3 is 24.5 Å². The van der Waals surface area contributed by atoms with Crippen LogP contribution in [0.15, 0.2) is 59.1 Å². The highest BCUT2D eigenvalue weighted by molar-refractivity contribution is 6.09. The number of rotatable bonds is 9. The van der Waals surface area contributed by atoms with Crippen molar-refractivity contribution in [3.05, 3.63) is 88.4 Å².